The lowest BCUT2D eigenvalue weighted by Gasteiger charge is -2.26. The molecule has 2 nitrogen and oxygen atoms in total. The van der Waals surface area contributed by atoms with E-state index in [1.807, 2.05) is 25.2 Å². The van der Waals surface area contributed by atoms with Gasteiger partial charge in [-0.3, -0.25) is 0 Å². The zero-order chi connectivity index (χ0) is 14.5. The van der Waals surface area contributed by atoms with E-state index in [-0.39, 0.29) is 5.82 Å². The molecule has 0 aliphatic heterocycles. The van der Waals surface area contributed by atoms with E-state index in [1.165, 1.54) is 12.1 Å². The van der Waals surface area contributed by atoms with Gasteiger partial charge in [0.1, 0.15) is 5.82 Å². The predicted molar refractivity (Wildman–Crippen MR) is 83.3 cm³/mol. The minimum Gasteiger partial charge on any atom is -0.341 e. The number of rotatable bonds is 5. The summed E-state index contributed by atoms with van der Waals surface area (Å²) in [6, 6.07) is 12.4. The third-order valence-corrected chi connectivity index (χ3v) is 3.55. The van der Waals surface area contributed by atoms with E-state index in [9.17, 15) is 4.39 Å². The Hall–Kier alpha value is -1.58. The number of nitrogens with one attached hydrogen (secondary N) is 1. The Morgan fingerprint density at radius 2 is 1.85 bits per heavy atom. The number of anilines is 2. The molecule has 0 fully saturated rings. The van der Waals surface area contributed by atoms with Gasteiger partial charge in [0.15, 0.2) is 0 Å². The summed E-state index contributed by atoms with van der Waals surface area (Å²) in [5.41, 5.74) is 3.04. The van der Waals surface area contributed by atoms with Crippen LogP contribution in [-0.4, -0.2) is 13.6 Å². The van der Waals surface area contributed by atoms with Crippen molar-refractivity contribution in [2.45, 2.75) is 13.5 Å². The second kappa shape index (κ2) is 6.73. The van der Waals surface area contributed by atoms with Crippen LogP contribution in [0.15, 0.2) is 42.5 Å². The normalized spacial score (nSPS) is 10.6. The maximum atomic E-state index is 13.1. The second-order valence-electron chi connectivity index (χ2n) is 4.49. The molecule has 2 rings (SSSR count). The Bertz CT molecular complexity index is 569. The monoisotopic (exact) mass is 292 g/mol. The van der Waals surface area contributed by atoms with Gasteiger partial charge in [-0.25, -0.2) is 4.39 Å². The molecule has 4 heteroatoms. The van der Waals surface area contributed by atoms with Gasteiger partial charge in [0.05, 0.1) is 0 Å². The molecule has 20 heavy (non-hydrogen) atoms. The third-order valence-electron chi connectivity index (χ3n) is 3.19. The van der Waals surface area contributed by atoms with Crippen molar-refractivity contribution in [3.63, 3.8) is 0 Å². The van der Waals surface area contributed by atoms with Crippen LogP contribution in [0.2, 0.25) is 5.02 Å². The highest BCUT2D eigenvalue weighted by atomic mass is 35.5. The second-order valence-corrected chi connectivity index (χ2v) is 4.90. The van der Waals surface area contributed by atoms with Crippen molar-refractivity contribution in [2.75, 3.05) is 18.5 Å². The topological polar surface area (TPSA) is 15.3 Å². The molecule has 0 radical (unpaired) electrons. The highest BCUT2D eigenvalue weighted by molar-refractivity contribution is 6.31. The van der Waals surface area contributed by atoms with Gasteiger partial charge in [-0.1, -0.05) is 17.7 Å². The zero-order valence-electron chi connectivity index (χ0n) is 11.7. The van der Waals surface area contributed by atoms with Gasteiger partial charge in [-0.05, 0) is 50.4 Å². The van der Waals surface area contributed by atoms with Gasteiger partial charge >= 0.3 is 0 Å². The quantitative estimate of drug-likeness (QED) is 0.881. The molecule has 0 unspecified atom stereocenters. The summed E-state index contributed by atoms with van der Waals surface area (Å²) in [5, 5.41) is 3.87. The summed E-state index contributed by atoms with van der Waals surface area (Å²) in [5.74, 6) is -0.230. The van der Waals surface area contributed by atoms with Crippen LogP contribution in [0, 0.1) is 5.82 Å². The van der Waals surface area contributed by atoms with E-state index in [2.05, 4.69) is 17.1 Å². The van der Waals surface area contributed by atoms with Gasteiger partial charge in [0.2, 0.25) is 0 Å². The number of nitrogens with zero attached hydrogens (tertiary/aromatic N) is 1. The molecule has 106 valence electrons. The van der Waals surface area contributed by atoms with E-state index < -0.39 is 0 Å². The van der Waals surface area contributed by atoms with Gasteiger partial charge in [0.25, 0.3) is 0 Å². The van der Waals surface area contributed by atoms with E-state index >= 15 is 0 Å². The lowest BCUT2D eigenvalue weighted by atomic mass is 10.1. The van der Waals surface area contributed by atoms with Crippen molar-refractivity contribution >= 4 is 23.0 Å². The Balaban J connectivity index is 2.46. The average Bonchev–Trinajstić information content (AvgIpc) is 2.45. The van der Waals surface area contributed by atoms with Crippen LogP contribution >= 0.6 is 11.6 Å². The molecule has 0 atom stereocenters. The summed E-state index contributed by atoms with van der Waals surface area (Å²) in [4.78, 5) is 2.12. The van der Waals surface area contributed by atoms with Crippen LogP contribution in [0.1, 0.15) is 12.5 Å². The smallest absolute Gasteiger partial charge is 0.123 e. The van der Waals surface area contributed by atoms with Crippen LogP contribution in [0.25, 0.3) is 0 Å². The van der Waals surface area contributed by atoms with Crippen molar-refractivity contribution < 1.29 is 4.39 Å². The van der Waals surface area contributed by atoms with Crippen molar-refractivity contribution in [2.24, 2.45) is 0 Å². The maximum absolute atomic E-state index is 13.1. The first kappa shape index (κ1) is 14.8. The molecule has 2 aromatic rings. The van der Waals surface area contributed by atoms with Gasteiger partial charge < -0.3 is 10.2 Å². The number of hydrogen-bond acceptors (Lipinski definition) is 2. The highest BCUT2D eigenvalue weighted by Gasteiger charge is 2.13. The summed E-state index contributed by atoms with van der Waals surface area (Å²) < 4.78 is 13.1. The molecular weight excluding hydrogens is 275 g/mol. The highest BCUT2D eigenvalue weighted by Crippen LogP contribution is 2.32. The fraction of sp³-hybridized carbons (Fsp3) is 0.250. The lowest BCUT2D eigenvalue weighted by molar-refractivity contribution is 0.628. The fourth-order valence-corrected chi connectivity index (χ4v) is 2.50. The van der Waals surface area contributed by atoms with Crippen LogP contribution in [0.5, 0.6) is 0 Å². The first-order valence-electron chi connectivity index (χ1n) is 6.62. The Kier molecular flexibility index (Phi) is 4.99. The Labute approximate surface area is 124 Å². The number of hydrogen-bond donors (Lipinski definition) is 1. The molecule has 1 N–H and O–H groups in total. The van der Waals surface area contributed by atoms with Crippen LogP contribution in [-0.2, 0) is 6.54 Å². The summed E-state index contributed by atoms with van der Waals surface area (Å²) in [6.07, 6.45) is 0. The molecule has 2 aromatic carbocycles. The minimum atomic E-state index is -0.230. The van der Waals surface area contributed by atoms with E-state index in [0.717, 1.165) is 28.5 Å². The predicted octanol–water partition coefficient (Wildman–Crippen LogP) is 4.36. The van der Waals surface area contributed by atoms with E-state index in [1.54, 1.807) is 12.1 Å². The van der Waals surface area contributed by atoms with Gasteiger partial charge in [0, 0.05) is 35.1 Å². The first-order chi connectivity index (χ1) is 9.67. The minimum absolute atomic E-state index is 0.230. The standard InChI is InChI=1S/C16H18ClFN2/c1-3-20(13-9-7-12(18)8-10-13)16-6-4-5-15(17)14(16)11-19-2/h4-10,19H,3,11H2,1-2H3. The van der Waals surface area contributed by atoms with Crippen LogP contribution in [0.4, 0.5) is 15.8 Å². The molecule has 0 saturated heterocycles. The molecule has 0 saturated carbocycles. The lowest BCUT2D eigenvalue weighted by Crippen LogP contribution is -2.19. The van der Waals surface area contributed by atoms with Crippen molar-refractivity contribution in [3.05, 3.63) is 58.9 Å². The number of halogens is 2. The van der Waals surface area contributed by atoms with Crippen molar-refractivity contribution in [1.82, 2.24) is 5.32 Å². The first-order valence-corrected chi connectivity index (χ1v) is 7.00. The van der Waals surface area contributed by atoms with Crippen LogP contribution < -0.4 is 10.2 Å². The zero-order valence-corrected chi connectivity index (χ0v) is 12.4. The molecule has 0 aliphatic carbocycles. The molecule has 0 aliphatic rings. The van der Waals surface area contributed by atoms with Gasteiger partial charge in [-0.15, -0.1) is 0 Å². The molecule has 0 heterocycles. The number of benzene rings is 2. The van der Waals surface area contributed by atoms with E-state index in [0.29, 0.717) is 6.54 Å². The van der Waals surface area contributed by atoms with Crippen molar-refractivity contribution in [3.8, 4) is 0 Å². The molecular formula is C16H18ClFN2. The summed E-state index contributed by atoms with van der Waals surface area (Å²) in [6.45, 7) is 3.53. The summed E-state index contributed by atoms with van der Waals surface area (Å²) >= 11 is 6.30. The third kappa shape index (κ3) is 3.11. The Morgan fingerprint density at radius 1 is 1.15 bits per heavy atom. The fourth-order valence-electron chi connectivity index (χ4n) is 2.26. The van der Waals surface area contributed by atoms with Gasteiger partial charge in [-0.2, -0.15) is 0 Å². The van der Waals surface area contributed by atoms with Crippen LogP contribution in [0.3, 0.4) is 0 Å². The molecule has 0 aromatic heterocycles. The molecule has 0 bridgehead atoms. The average molecular weight is 293 g/mol. The van der Waals surface area contributed by atoms with Crippen molar-refractivity contribution in [1.29, 1.82) is 0 Å². The molecule has 0 spiro atoms. The molecule has 0 amide bonds. The van der Waals surface area contributed by atoms with E-state index in [4.69, 9.17) is 11.6 Å². The Morgan fingerprint density at radius 3 is 2.45 bits per heavy atom. The largest absolute Gasteiger partial charge is 0.341 e. The SMILES string of the molecule is CCN(c1ccc(F)cc1)c1cccc(Cl)c1CNC. The maximum Gasteiger partial charge on any atom is 0.123 e. The summed E-state index contributed by atoms with van der Waals surface area (Å²) in [7, 11) is 1.89.